The predicted octanol–water partition coefficient (Wildman–Crippen LogP) is 18.8. The molecule has 0 N–H and O–H groups in total. The monoisotopic (exact) mass is 995 g/mol. The van der Waals surface area contributed by atoms with Gasteiger partial charge in [0.15, 0.2) is 0 Å². The van der Waals surface area contributed by atoms with Gasteiger partial charge in [0.2, 0.25) is 0 Å². The molecular weight excluding hydrogens is 917 g/mol. The van der Waals surface area contributed by atoms with Crippen molar-refractivity contribution in [2.45, 2.75) is 143 Å². The summed E-state index contributed by atoms with van der Waals surface area (Å²) in [5, 5.41) is 5.26. The quantitative estimate of drug-likeness (QED) is 0.150. The summed E-state index contributed by atoms with van der Waals surface area (Å²) in [6, 6.07) is 61.2. The van der Waals surface area contributed by atoms with E-state index in [0.717, 1.165) is 49.2 Å². The predicted molar refractivity (Wildman–Crippen MR) is 330 cm³/mol. The number of hydrogen-bond acceptors (Lipinski definition) is 2. The lowest BCUT2D eigenvalue weighted by atomic mass is 9.80. The number of aryl methyl sites for hydroxylation is 2. The molecule has 3 aliphatic rings. The second kappa shape index (κ2) is 19.4. The molecule has 76 heavy (non-hydrogen) atoms. The fourth-order valence-electron chi connectivity index (χ4n) is 12.0. The highest BCUT2D eigenvalue weighted by Crippen LogP contribution is 2.43. The molecular formula is C74H78N2. The lowest BCUT2D eigenvalue weighted by Gasteiger charge is -2.35. The van der Waals surface area contributed by atoms with Crippen molar-refractivity contribution in [3.8, 4) is 11.1 Å². The van der Waals surface area contributed by atoms with Gasteiger partial charge in [-0.05, 0) is 202 Å². The van der Waals surface area contributed by atoms with E-state index < -0.39 is 0 Å². The minimum atomic E-state index is 0.0430. The van der Waals surface area contributed by atoms with Gasteiger partial charge in [-0.3, -0.25) is 0 Å². The van der Waals surface area contributed by atoms with E-state index in [0.29, 0.717) is 0 Å². The summed E-state index contributed by atoms with van der Waals surface area (Å²) in [4.78, 5) is 5.09. The number of hydrogen-bond donors (Lipinski definition) is 0. The van der Waals surface area contributed by atoms with Gasteiger partial charge < -0.3 is 9.80 Å². The van der Waals surface area contributed by atoms with Gasteiger partial charge in [0.05, 0.1) is 6.04 Å². The van der Waals surface area contributed by atoms with Crippen molar-refractivity contribution in [2.24, 2.45) is 0 Å². The largest absolute Gasteiger partial charge is 0.334 e. The maximum atomic E-state index is 2.65. The number of allylic oxidation sites excluding steroid dienone is 2. The van der Waals surface area contributed by atoms with Crippen LogP contribution in [0.4, 0.5) is 28.4 Å². The maximum absolute atomic E-state index is 2.65. The first-order valence-corrected chi connectivity index (χ1v) is 28.1. The standard InChI is InChI=1S/C74H78N2/c1-71(2,3)55-25-33-59(34-26-55)75(60-35-27-56(28-36-60)72(4,5)6)63-41-43-65-67(47-63)69(53-23-21-49-17-13-15-19-51(49)45-53)66-44-42-64(48-68(66)70(65)54-24-22-50-18-14-16-20-52(50)46-54)76(61-37-29-57(30-38-61)73(7,8)9)62-39-31-58(32-40-62)74(10,11)12/h13-15,17-19,22,24-40,42-48,63H,16,20-21,23,41H2,1-12H3. The summed E-state index contributed by atoms with van der Waals surface area (Å²) >= 11 is 0. The molecule has 0 fully saturated rings. The third-order valence-corrected chi connectivity index (χ3v) is 16.6. The van der Waals surface area contributed by atoms with Gasteiger partial charge in [-0.1, -0.05) is 211 Å². The van der Waals surface area contributed by atoms with Crippen molar-refractivity contribution in [3.05, 3.63) is 224 Å². The Balaban J connectivity index is 1.20. The van der Waals surface area contributed by atoms with Gasteiger partial charge >= 0.3 is 0 Å². The van der Waals surface area contributed by atoms with Crippen LogP contribution in [0.2, 0.25) is 0 Å². The molecule has 0 spiro atoms. The highest BCUT2D eigenvalue weighted by molar-refractivity contribution is 6.08. The minimum Gasteiger partial charge on any atom is -0.334 e. The van der Waals surface area contributed by atoms with Gasteiger partial charge in [0.1, 0.15) is 0 Å². The molecule has 0 heterocycles. The van der Waals surface area contributed by atoms with Crippen LogP contribution in [0, 0.1) is 0 Å². The van der Waals surface area contributed by atoms with E-state index in [9.17, 15) is 0 Å². The van der Waals surface area contributed by atoms with Crippen LogP contribution in [0.1, 0.15) is 152 Å². The number of rotatable bonds is 8. The molecule has 3 aliphatic carbocycles. The van der Waals surface area contributed by atoms with Crippen LogP contribution in [0.5, 0.6) is 0 Å². The molecule has 0 amide bonds. The molecule has 1 unspecified atom stereocenters. The summed E-state index contributed by atoms with van der Waals surface area (Å²) in [5.74, 6) is 0. The van der Waals surface area contributed by atoms with E-state index in [-0.39, 0.29) is 27.7 Å². The lowest BCUT2D eigenvalue weighted by molar-refractivity contribution is 0.589. The Labute approximate surface area is 454 Å². The number of anilines is 5. The molecule has 8 aromatic rings. The summed E-state index contributed by atoms with van der Waals surface area (Å²) in [5.41, 5.74) is 22.3. The molecule has 8 aromatic carbocycles. The average Bonchev–Trinajstić information content (AvgIpc) is 3.44. The Morgan fingerprint density at radius 3 is 1.50 bits per heavy atom. The first kappa shape index (κ1) is 51.0. The molecule has 1 atom stereocenters. The minimum absolute atomic E-state index is 0.0430. The van der Waals surface area contributed by atoms with Gasteiger partial charge in [-0.15, -0.1) is 0 Å². The lowest BCUT2D eigenvalue weighted by Crippen LogP contribution is -2.41. The first-order chi connectivity index (χ1) is 36.2. The molecule has 0 aromatic heterocycles. The molecule has 0 radical (unpaired) electrons. The molecule has 0 bridgehead atoms. The van der Waals surface area contributed by atoms with Gasteiger partial charge in [0.25, 0.3) is 0 Å². The van der Waals surface area contributed by atoms with Crippen molar-refractivity contribution in [1.82, 2.24) is 0 Å². The van der Waals surface area contributed by atoms with Crippen LogP contribution in [0.25, 0.3) is 51.8 Å². The van der Waals surface area contributed by atoms with E-state index in [1.54, 1.807) is 0 Å². The Morgan fingerprint density at radius 1 is 0.421 bits per heavy atom. The van der Waals surface area contributed by atoms with Crippen molar-refractivity contribution in [3.63, 3.8) is 0 Å². The molecule has 0 aliphatic heterocycles. The third-order valence-electron chi connectivity index (χ3n) is 16.6. The zero-order valence-corrected chi connectivity index (χ0v) is 47.4. The number of benzene rings is 8. The van der Waals surface area contributed by atoms with Crippen molar-refractivity contribution >= 4 is 69.1 Å². The Morgan fingerprint density at radius 2 is 0.947 bits per heavy atom. The van der Waals surface area contributed by atoms with Gasteiger partial charge in [-0.25, -0.2) is 0 Å². The Kier molecular flexibility index (Phi) is 13.0. The topological polar surface area (TPSA) is 6.48 Å². The van der Waals surface area contributed by atoms with Gasteiger partial charge in [-0.2, -0.15) is 0 Å². The molecule has 2 nitrogen and oxygen atoms in total. The summed E-state index contributed by atoms with van der Waals surface area (Å²) in [6.07, 6.45) is 17.4. The zero-order valence-electron chi connectivity index (χ0n) is 47.4. The maximum Gasteiger partial charge on any atom is 0.0566 e. The van der Waals surface area contributed by atoms with Crippen LogP contribution >= 0.6 is 0 Å². The molecule has 0 saturated carbocycles. The number of nitrogens with zero attached hydrogens (tertiary/aromatic N) is 2. The summed E-state index contributed by atoms with van der Waals surface area (Å²) < 4.78 is 0. The van der Waals surface area contributed by atoms with Crippen LogP contribution in [0.15, 0.2) is 164 Å². The van der Waals surface area contributed by atoms with E-state index in [1.165, 1.54) is 99.4 Å². The molecule has 2 heteroatoms. The van der Waals surface area contributed by atoms with Gasteiger partial charge in [0, 0.05) is 28.4 Å². The van der Waals surface area contributed by atoms with Crippen LogP contribution < -0.4 is 20.2 Å². The Hall–Kier alpha value is -7.16. The van der Waals surface area contributed by atoms with Crippen molar-refractivity contribution < 1.29 is 0 Å². The SMILES string of the molecule is CC(C)(C)c1ccc(N(c2ccc(C(C)(C)C)cc2)c2ccc3c(C4=Cc5ccccc5CC4)c4c(c(-c5ccc6c(c5)CCC=C6)c3c2)=CCC(N(c2ccc(C(C)(C)C)cc2)c2ccc(C(C)(C)C)cc2)C=4)cc1. The smallest absolute Gasteiger partial charge is 0.0566 e. The molecule has 11 rings (SSSR count). The second-order valence-corrected chi connectivity index (χ2v) is 26.1. The summed E-state index contributed by atoms with van der Waals surface area (Å²) in [7, 11) is 0. The molecule has 0 saturated heterocycles. The van der Waals surface area contributed by atoms with Crippen molar-refractivity contribution in [1.29, 1.82) is 0 Å². The highest BCUT2D eigenvalue weighted by Gasteiger charge is 2.28. The van der Waals surface area contributed by atoms with Crippen LogP contribution in [-0.4, -0.2) is 6.04 Å². The third kappa shape index (κ3) is 9.93. The number of fused-ring (bicyclic) bond motifs is 4. The van der Waals surface area contributed by atoms with E-state index in [1.807, 2.05) is 0 Å². The van der Waals surface area contributed by atoms with E-state index in [4.69, 9.17) is 0 Å². The van der Waals surface area contributed by atoms with E-state index >= 15 is 0 Å². The normalized spacial score (nSPS) is 15.5. The fourth-order valence-corrected chi connectivity index (χ4v) is 12.0. The Bertz CT molecular complexity index is 3550. The van der Waals surface area contributed by atoms with Crippen LogP contribution in [0.3, 0.4) is 0 Å². The fraction of sp³-hybridized carbons (Fsp3) is 0.297. The van der Waals surface area contributed by atoms with Crippen molar-refractivity contribution in [2.75, 3.05) is 9.80 Å². The van der Waals surface area contributed by atoms with E-state index in [2.05, 4.69) is 281 Å². The highest BCUT2D eigenvalue weighted by atomic mass is 15.2. The second-order valence-electron chi connectivity index (χ2n) is 26.1. The zero-order chi connectivity index (χ0) is 53.3. The average molecular weight is 995 g/mol. The summed E-state index contributed by atoms with van der Waals surface area (Å²) in [6.45, 7) is 27.6. The van der Waals surface area contributed by atoms with Crippen LogP contribution in [-0.2, 0) is 34.5 Å². The molecule has 384 valence electrons. The first-order valence-electron chi connectivity index (χ1n) is 28.1.